The van der Waals surface area contributed by atoms with Crippen LogP contribution in [0.1, 0.15) is 45.2 Å². The molecule has 1 atom stereocenters. The van der Waals surface area contributed by atoms with E-state index in [4.69, 9.17) is 27.9 Å². The van der Waals surface area contributed by atoms with Crippen LogP contribution < -0.4 is 5.32 Å². The molecule has 2 nitrogen and oxygen atoms in total. The zero-order valence-electron chi connectivity index (χ0n) is 12.8. The van der Waals surface area contributed by atoms with Crippen LogP contribution in [0.3, 0.4) is 0 Å². The van der Waals surface area contributed by atoms with Gasteiger partial charge < -0.3 is 10.1 Å². The van der Waals surface area contributed by atoms with Crippen molar-refractivity contribution in [3.63, 3.8) is 0 Å². The third-order valence-corrected chi connectivity index (χ3v) is 4.30. The van der Waals surface area contributed by atoms with Crippen LogP contribution in [0.2, 0.25) is 10.0 Å². The molecule has 0 radical (unpaired) electrons. The van der Waals surface area contributed by atoms with Gasteiger partial charge in [-0.15, -0.1) is 0 Å². The van der Waals surface area contributed by atoms with Crippen molar-refractivity contribution in [3.05, 3.63) is 33.8 Å². The number of halogens is 2. The molecule has 0 heterocycles. The summed E-state index contributed by atoms with van der Waals surface area (Å²) < 4.78 is 5.16. The molecule has 0 saturated carbocycles. The minimum Gasteiger partial charge on any atom is -0.385 e. The molecular formula is C16H25Cl2NO. The molecule has 1 aromatic carbocycles. The Hall–Kier alpha value is -0.280. The highest BCUT2D eigenvalue weighted by molar-refractivity contribution is 6.42. The lowest BCUT2D eigenvalue weighted by atomic mass is 9.89. The van der Waals surface area contributed by atoms with E-state index < -0.39 is 0 Å². The van der Waals surface area contributed by atoms with E-state index in [2.05, 4.69) is 26.1 Å². The molecule has 1 unspecified atom stereocenters. The van der Waals surface area contributed by atoms with Crippen molar-refractivity contribution in [2.45, 2.75) is 39.7 Å². The lowest BCUT2D eigenvalue weighted by Gasteiger charge is -2.28. The highest BCUT2D eigenvalue weighted by Crippen LogP contribution is 2.28. The third-order valence-electron chi connectivity index (χ3n) is 3.56. The number of methoxy groups -OCH3 is 1. The molecule has 0 aliphatic heterocycles. The predicted molar refractivity (Wildman–Crippen MR) is 87.8 cm³/mol. The summed E-state index contributed by atoms with van der Waals surface area (Å²) in [7, 11) is 1.74. The van der Waals surface area contributed by atoms with Gasteiger partial charge in [-0.3, -0.25) is 0 Å². The van der Waals surface area contributed by atoms with Gasteiger partial charge in [0.2, 0.25) is 0 Å². The van der Waals surface area contributed by atoms with Crippen LogP contribution >= 0.6 is 23.2 Å². The molecule has 0 aliphatic carbocycles. The Labute approximate surface area is 132 Å². The fraction of sp³-hybridized carbons (Fsp3) is 0.625. The molecule has 0 bridgehead atoms. The standard InChI is InChI=1S/C16H25Cl2NO/c1-5-15(12-6-7-13(17)14(18)10-12)19-11-16(2,3)8-9-20-4/h6-7,10,15,19H,5,8-9,11H2,1-4H3. The fourth-order valence-corrected chi connectivity index (χ4v) is 2.40. The highest BCUT2D eigenvalue weighted by atomic mass is 35.5. The van der Waals surface area contributed by atoms with Crippen molar-refractivity contribution in [1.82, 2.24) is 5.32 Å². The van der Waals surface area contributed by atoms with Crippen LogP contribution in [0.4, 0.5) is 0 Å². The maximum Gasteiger partial charge on any atom is 0.0595 e. The topological polar surface area (TPSA) is 21.3 Å². The molecule has 0 fully saturated rings. The first-order valence-corrected chi connectivity index (χ1v) is 7.82. The molecule has 1 N–H and O–H groups in total. The summed E-state index contributed by atoms with van der Waals surface area (Å²) in [6.45, 7) is 8.40. The van der Waals surface area contributed by atoms with E-state index in [1.165, 1.54) is 5.56 Å². The van der Waals surface area contributed by atoms with Crippen LogP contribution in [0, 0.1) is 5.41 Å². The van der Waals surface area contributed by atoms with Gasteiger partial charge in [-0.2, -0.15) is 0 Å². The molecule has 4 heteroatoms. The van der Waals surface area contributed by atoms with E-state index >= 15 is 0 Å². The smallest absolute Gasteiger partial charge is 0.0595 e. The summed E-state index contributed by atoms with van der Waals surface area (Å²) in [5.74, 6) is 0. The predicted octanol–water partition coefficient (Wildman–Crippen LogP) is 5.10. The van der Waals surface area contributed by atoms with Gasteiger partial charge in [0.15, 0.2) is 0 Å². The molecule has 0 aliphatic rings. The van der Waals surface area contributed by atoms with Gasteiger partial charge in [0, 0.05) is 26.3 Å². The zero-order valence-corrected chi connectivity index (χ0v) is 14.3. The SMILES string of the molecule is CCC(NCC(C)(C)CCOC)c1ccc(Cl)c(Cl)c1. The summed E-state index contributed by atoms with van der Waals surface area (Å²) in [4.78, 5) is 0. The first-order chi connectivity index (χ1) is 9.39. The van der Waals surface area contributed by atoms with Crippen LogP contribution in [0.25, 0.3) is 0 Å². The van der Waals surface area contributed by atoms with Crippen LogP contribution in [0.15, 0.2) is 18.2 Å². The normalized spacial score (nSPS) is 13.5. The molecule has 0 spiro atoms. The van der Waals surface area contributed by atoms with Gasteiger partial charge in [0.1, 0.15) is 0 Å². The van der Waals surface area contributed by atoms with E-state index in [1.807, 2.05) is 18.2 Å². The van der Waals surface area contributed by atoms with Crippen molar-refractivity contribution >= 4 is 23.2 Å². The molecule has 0 amide bonds. The minimum atomic E-state index is 0.208. The Morgan fingerprint density at radius 2 is 1.95 bits per heavy atom. The van der Waals surface area contributed by atoms with E-state index in [0.717, 1.165) is 26.0 Å². The second kappa shape index (κ2) is 8.23. The van der Waals surface area contributed by atoms with Crippen molar-refractivity contribution in [3.8, 4) is 0 Å². The van der Waals surface area contributed by atoms with Gasteiger partial charge in [0.05, 0.1) is 10.0 Å². The van der Waals surface area contributed by atoms with Gasteiger partial charge >= 0.3 is 0 Å². The molecule has 0 saturated heterocycles. The minimum absolute atomic E-state index is 0.208. The van der Waals surface area contributed by atoms with E-state index in [1.54, 1.807) is 7.11 Å². The Balaban J connectivity index is 2.65. The summed E-state index contributed by atoms with van der Waals surface area (Å²) in [5.41, 5.74) is 1.39. The van der Waals surface area contributed by atoms with Crippen LogP contribution in [-0.2, 0) is 4.74 Å². The maximum atomic E-state index is 6.10. The van der Waals surface area contributed by atoms with E-state index in [-0.39, 0.29) is 5.41 Å². The molecule has 1 rings (SSSR count). The van der Waals surface area contributed by atoms with Crippen LogP contribution in [0.5, 0.6) is 0 Å². The second-order valence-electron chi connectivity index (χ2n) is 5.92. The number of hydrogen-bond acceptors (Lipinski definition) is 2. The Morgan fingerprint density at radius 1 is 1.25 bits per heavy atom. The number of nitrogens with one attached hydrogen (secondary N) is 1. The largest absolute Gasteiger partial charge is 0.385 e. The Bertz CT molecular complexity index is 421. The van der Waals surface area contributed by atoms with E-state index in [0.29, 0.717) is 16.1 Å². The lowest BCUT2D eigenvalue weighted by molar-refractivity contribution is 0.148. The number of ether oxygens (including phenoxy) is 1. The summed E-state index contributed by atoms with van der Waals surface area (Å²) in [5, 5.41) is 4.84. The monoisotopic (exact) mass is 317 g/mol. The van der Waals surface area contributed by atoms with Crippen molar-refractivity contribution < 1.29 is 4.74 Å². The summed E-state index contributed by atoms with van der Waals surface area (Å²) in [6.07, 6.45) is 2.05. The Morgan fingerprint density at radius 3 is 2.50 bits per heavy atom. The van der Waals surface area contributed by atoms with Gasteiger partial charge in [-0.25, -0.2) is 0 Å². The maximum absolute atomic E-state index is 6.10. The fourth-order valence-electron chi connectivity index (χ4n) is 2.09. The van der Waals surface area contributed by atoms with Crippen LogP contribution in [-0.4, -0.2) is 20.3 Å². The van der Waals surface area contributed by atoms with Gasteiger partial charge in [0.25, 0.3) is 0 Å². The lowest BCUT2D eigenvalue weighted by Crippen LogP contribution is -2.33. The van der Waals surface area contributed by atoms with Crippen molar-refractivity contribution in [2.24, 2.45) is 5.41 Å². The second-order valence-corrected chi connectivity index (χ2v) is 6.74. The third kappa shape index (κ3) is 5.61. The van der Waals surface area contributed by atoms with Gasteiger partial charge in [-0.05, 0) is 36.0 Å². The summed E-state index contributed by atoms with van der Waals surface area (Å²) >= 11 is 12.1. The van der Waals surface area contributed by atoms with E-state index in [9.17, 15) is 0 Å². The Kier molecular flexibility index (Phi) is 7.32. The number of rotatable bonds is 8. The average molecular weight is 318 g/mol. The quantitative estimate of drug-likeness (QED) is 0.720. The van der Waals surface area contributed by atoms with Crippen molar-refractivity contribution in [1.29, 1.82) is 0 Å². The number of hydrogen-bond donors (Lipinski definition) is 1. The van der Waals surface area contributed by atoms with Gasteiger partial charge in [-0.1, -0.05) is 50.0 Å². The summed E-state index contributed by atoms with van der Waals surface area (Å²) in [6, 6.07) is 6.15. The molecule has 20 heavy (non-hydrogen) atoms. The first-order valence-electron chi connectivity index (χ1n) is 7.07. The average Bonchev–Trinajstić information content (AvgIpc) is 2.41. The van der Waals surface area contributed by atoms with Crippen molar-refractivity contribution in [2.75, 3.05) is 20.3 Å². The molecular weight excluding hydrogens is 293 g/mol. The first kappa shape index (κ1) is 17.8. The molecule has 0 aromatic heterocycles. The zero-order chi connectivity index (χ0) is 15.2. The molecule has 114 valence electrons. The highest BCUT2D eigenvalue weighted by Gasteiger charge is 2.20. The molecule has 1 aromatic rings. The number of benzene rings is 1.